The molecular formula is C15H25NO. The molecule has 0 bridgehead atoms. The molecule has 0 aliphatic carbocycles. The normalized spacial score (nSPS) is 11.9. The summed E-state index contributed by atoms with van der Waals surface area (Å²) >= 11 is 0. The summed E-state index contributed by atoms with van der Waals surface area (Å²) in [5, 5.41) is 12.1. The Morgan fingerprint density at radius 2 is 1.65 bits per heavy atom. The van der Waals surface area contributed by atoms with Crippen molar-refractivity contribution in [3.63, 3.8) is 0 Å². The van der Waals surface area contributed by atoms with Crippen LogP contribution in [0.15, 0.2) is 12.1 Å². The summed E-state index contributed by atoms with van der Waals surface area (Å²) in [5.41, 5.74) is 5.54. The van der Waals surface area contributed by atoms with E-state index < -0.39 is 0 Å². The summed E-state index contributed by atoms with van der Waals surface area (Å²) in [5.74, 6) is 0. The summed E-state index contributed by atoms with van der Waals surface area (Å²) in [7, 11) is 0. The Kier molecular flexibility index (Phi) is 4.72. The van der Waals surface area contributed by atoms with Crippen molar-refractivity contribution < 1.29 is 5.11 Å². The number of hydrogen-bond donors (Lipinski definition) is 2. The van der Waals surface area contributed by atoms with Crippen LogP contribution in [0.5, 0.6) is 0 Å². The molecule has 2 nitrogen and oxygen atoms in total. The van der Waals surface area contributed by atoms with E-state index in [1.165, 1.54) is 22.3 Å². The van der Waals surface area contributed by atoms with Crippen molar-refractivity contribution in [3.05, 3.63) is 34.4 Å². The highest BCUT2D eigenvalue weighted by Crippen LogP contribution is 2.28. The van der Waals surface area contributed by atoms with Gasteiger partial charge in [0.25, 0.3) is 0 Å². The van der Waals surface area contributed by atoms with Crippen molar-refractivity contribution >= 4 is 0 Å². The average molecular weight is 235 g/mol. The molecule has 0 atom stereocenters. The molecule has 2 heteroatoms. The lowest BCUT2D eigenvalue weighted by Crippen LogP contribution is -2.35. The lowest BCUT2D eigenvalue weighted by atomic mass is 9.80. The van der Waals surface area contributed by atoms with E-state index in [1.807, 2.05) is 0 Å². The minimum atomic E-state index is 0.0950. The van der Waals surface area contributed by atoms with Crippen LogP contribution in [0, 0.1) is 20.8 Å². The molecule has 1 rings (SSSR count). The van der Waals surface area contributed by atoms with Crippen LogP contribution in [0.3, 0.4) is 0 Å². The fourth-order valence-electron chi connectivity index (χ4n) is 2.26. The fourth-order valence-corrected chi connectivity index (χ4v) is 2.26. The van der Waals surface area contributed by atoms with E-state index >= 15 is 0 Å². The second-order valence-corrected chi connectivity index (χ2v) is 5.54. The van der Waals surface area contributed by atoms with Crippen LogP contribution in [0.4, 0.5) is 0 Å². The molecule has 0 amide bonds. The number of hydrogen-bond acceptors (Lipinski definition) is 2. The highest BCUT2D eigenvalue weighted by Gasteiger charge is 2.22. The van der Waals surface area contributed by atoms with Crippen LogP contribution in [0.1, 0.15) is 36.1 Å². The number of aryl methyl sites for hydroxylation is 3. The first-order valence-electron chi connectivity index (χ1n) is 6.28. The molecule has 0 aliphatic heterocycles. The topological polar surface area (TPSA) is 32.3 Å². The Hall–Kier alpha value is -0.860. The number of benzene rings is 1. The quantitative estimate of drug-likeness (QED) is 0.768. The smallest absolute Gasteiger partial charge is 0.0555 e. The Labute approximate surface area is 105 Å². The van der Waals surface area contributed by atoms with Gasteiger partial charge in [-0.2, -0.15) is 0 Å². The number of aliphatic hydroxyl groups excluding tert-OH is 1. The van der Waals surface area contributed by atoms with Crippen molar-refractivity contribution in [2.45, 2.75) is 40.0 Å². The fraction of sp³-hybridized carbons (Fsp3) is 0.600. The molecule has 0 spiro atoms. The Morgan fingerprint density at radius 1 is 1.06 bits per heavy atom. The molecular weight excluding hydrogens is 210 g/mol. The minimum Gasteiger partial charge on any atom is -0.395 e. The van der Waals surface area contributed by atoms with Crippen LogP contribution in [-0.4, -0.2) is 24.8 Å². The maximum Gasteiger partial charge on any atom is 0.0555 e. The summed E-state index contributed by atoms with van der Waals surface area (Å²) in [6, 6.07) is 4.56. The molecule has 0 fully saturated rings. The van der Waals surface area contributed by atoms with Gasteiger partial charge in [-0.05, 0) is 43.0 Å². The SMILES string of the molecule is Cc1cc(C)c(C(C)(C)CNCCO)cc1C. The molecule has 17 heavy (non-hydrogen) atoms. The molecule has 1 aromatic carbocycles. The third-order valence-corrected chi connectivity index (χ3v) is 3.43. The zero-order valence-electron chi connectivity index (χ0n) is 11.7. The highest BCUT2D eigenvalue weighted by atomic mass is 16.3. The van der Waals surface area contributed by atoms with Gasteiger partial charge in [0.1, 0.15) is 0 Å². The molecule has 0 radical (unpaired) electrons. The average Bonchev–Trinajstić information content (AvgIpc) is 2.23. The first-order valence-corrected chi connectivity index (χ1v) is 6.28. The monoisotopic (exact) mass is 235 g/mol. The Morgan fingerprint density at radius 3 is 2.24 bits per heavy atom. The maximum atomic E-state index is 8.81. The summed E-state index contributed by atoms with van der Waals surface area (Å²) < 4.78 is 0. The molecule has 0 saturated carbocycles. The van der Waals surface area contributed by atoms with Crippen LogP contribution >= 0.6 is 0 Å². The molecule has 2 N–H and O–H groups in total. The van der Waals surface area contributed by atoms with Gasteiger partial charge in [-0.1, -0.05) is 26.0 Å². The Bertz CT molecular complexity index is 383. The molecule has 0 heterocycles. The second-order valence-electron chi connectivity index (χ2n) is 5.54. The van der Waals surface area contributed by atoms with Crippen LogP contribution in [0.25, 0.3) is 0 Å². The van der Waals surface area contributed by atoms with Gasteiger partial charge in [-0.15, -0.1) is 0 Å². The summed E-state index contributed by atoms with van der Waals surface area (Å²) in [4.78, 5) is 0. The predicted molar refractivity (Wildman–Crippen MR) is 73.6 cm³/mol. The first kappa shape index (κ1) is 14.2. The second kappa shape index (κ2) is 5.65. The number of rotatable bonds is 5. The lowest BCUT2D eigenvalue weighted by molar-refractivity contribution is 0.286. The first-order chi connectivity index (χ1) is 7.88. The van der Waals surface area contributed by atoms with Gasteiger partial charge in [0.15, 0.2) is 0 Å². The largest absolute Gasteiger partial charge is 0.395 e. The molecule has 0 aromatic heterocycles. The van der Waals surface area contributed by atoms with Crippen LogP contribution < -0.4 is 5.32 Å². The van der Waals surface area contributed by atoms with Crippen molar-refractivity contribution in [1.82, 2.24) is 5.32 Å². The highest BCUT2D eigenvalue weighted by molar-refractivity contribution is 5.40. The van der Waals surface area contributed by atoms with E-state index in [0.717, 1.165) is 6.54 Å². The zero-order chi connectivity index (χ0) is 13.1. The van der Waals surface area contributed by atoms with Gasteiger partial charge in [-0.3, -0.25) is 0 Å². The van der Waals surface area contributed by atoms with Crippen LogP contribution in [-0.2, 0) is 5.41 Å². The van der Waals surface area contributed by atoms with E-state index in [9.17, 15) is 0 Å². The van der Waals surface area contributed by atoms with Crippen LogP contribution in [0.2, 0.25) is 0 Å². The van der Waals surface area contributed by atoms with Gasteiger partial charge >= 0.3 is 0 Å². The maximum absolute atomic E-state index is 8.81. The molecule has 0 aliphatic rings. The van der Waals surface area contributed by atoms with Gasteiger partial charge in [-0.25, -0.2) is 0 Å². The summed E-state index contributed by atoms with van der Waals surface area (Å²) in [6.07, 6.45) is 0. The predicted octanol–water partition coefficient (Wildman–Crippen LogP) is 2.47. The van der Waals surface area contributed by atoms with Gasteiger partial charge in [0, 0.05) is 18.5 Å². The van der Waals surface area contributed by atoms with E-state index in [1.54, 1.807) is 0 Å². The standard InChI is InChI=1S/C15H25NO/c1-11-8-13(3)14(9-12(11)2)15(4,5)10-16-6-7-17/h8-9,16-17H,6-7,10H2,1-5H3. The van der Waals surface area contributed by atoms with Gasteiger partial charge in [0.2, 0.25) is 0 Å². The van der Waals surface area contributed by atoms with E-state index in [4.69, 9.17) is 5.11 Å². The Balaban J connectivity index is 2.93. The number of nitrogens with one attached hydrogen (secondary N) is 1. The minimum absolute atomic E-state index is 0.0950. The third kappa shape index (κ3) is 3.55. The molecule has 96 valence electrons. The van der Waals surface area contributed by atoms with Gasteiger partial charge < -0.3 is 10.4 Å². The van der Waals surface area contributed by atoms with Crippen molar-refractivity contribution in [2.24, 2.45) is 0 Å². The third-order valence-electron chi connectivity index (χ3n) is 3.43. The number of aliphatic hydroxyl groups is 1. The van der Waals surface area contributed by atoms with E-state index in [0.29, 0.717) is 6.54 Å². The zero-order valence-corrected chi connectivity index (χ0v) is 11.7. The molecule has 0 unspecified atom stereocenters. The van der Waals surface area contributed by atoms with Gasteiger partial charge in [0.05, 0.1) is 6.61 Å². The van der Waals surface area contributed by atoms with E-state index in [-0.39, 0.29) is 12.0 Å². The molecule has 1 aromatic rings. The van der Waals surface area contributed by atoms with Crippen molar-refractivity contribution in [1.29, 1.82) is 0 Å². The van der Waals surface area contributed by atoms with E-state index in [2.05, 4.69) is 52.1 Å². The van der Waals surface area contributed by atoms with Crippen molar-refractivity contribution in [2.75, 3.05) is 19.7 Å². The molecule has 0 saturated heterocycles. The summed E-state index contributed by atoms with van der Waals surface area (Å²) in [6.45, 7) is 12.7. The lowest BCUT2D eigenvalue weighted by Gasteiger charge is -2.28. The van der Waals surface area contributed by atoms with Crippen molar-refractivity contribution in [3.8, 4) is 0 Å².